The summed E-state index contributed by atoms with van der Waals surface area (Å²) in [7, 11) is 0. The summed E-state index contributed by atoms with van der Waals surface area (Å²) in [6.07, 6.45) is -7.00. The van der Waals surface area contributed by atoms with Crippen LogP contribution in [0.15, 0.2) is 84.9 Å². The maximum absolute atomic E-state index is 14.3. The summed E-state index contributed by atoms with van der Waals surface area (Å²) in [5, 5.41) is 18.2. The number of nitrogens with zero attached hydrogens (tertiary/aromatic N) is 2. The van der Waals surface area contributed by atoms with Crippen LogP contribution in [0, 0.1) is 11.3 Å². The summed E-state index contributed by atoms with van der Waals surface area (Å²) in [4.78, 5) is 15.0. The van der Waals surface area contributed by atoms with Gasteiger partial charge < -0.3 is 21.3 Å². The summed E-state index contributed by atoms with van der Waals surface area (Å²) >= 11 is 0. The van der Waals surface area contributed by atoms with Crippen molar-refractivity contribution in [2.45, 2.75) is 24.7 Å². The number of aromatic nitrogens is 1. The van der Waals surface area contributed by atoms with Gasteiger partial charge in [-0.25, -0.2) is 0 Å². The number of carboxylic acids is 1. The van der Waals surface area contributed by atoms with E-state index in [1.807, 2.05) is 6.07 Å². The zero-order valence-electron chi connectivity index (χ0n) is 20.4. The Labute approximate surface area is 222 Å². The molecule has 0 aliphatic rings. The topological polar surface area (TPSA) is 135 Å². The number of nitrogen functional groups attached to an aromatic ring is 1. The van der Waals surface area contributed by atoms with Crippen molar-refractivity contribution in [3.63, 3.8) is 0 Å². The number of rotatable bonds is 8. The zero-order valence-corrected chi connectivity index (χ0v) is 20.4. The quantitative estimate of drug-likeness (QED) is 0.272. The molecule has 2 atom stereocenters. The maximum atomic E-state index is 14.3. The van der Waals surface area contributed by atoms with Gasteiger partial charge in [0, 0.05) is 17.2 Å². The predicted octanol–water partition coefficient (Wildman–Crippen LogP) is 5.51. The van der Waals surface area contributed by atoms with Crippen LogP contribution in [0.4, 0.5) is 19.0 Å². The number of alkyl halides is 3. The number of carbonyl (C=O) groups is 1. The van der Waals surface area contributed by atoms with E-state index in [1.165, 1.54) is 36.4 Å². The number of halogens is 3. The van der Waals surface area contributed by atoms with E-state index in [4.69, 9.17) is 21.3 Å². The van der Waals surface area contributed by atoms with Gasteiger partial charge >= 0.3 is 12.1 Å². The first-order chi connectivity index (χ1) is 18.6. The van der Waals surface area contributed by atoms with Gasteiger partial charge in [-0.1, -0.05) is 60.7 Å². The van der Waals surface area contributed by atoms with Crippen LogP contribution < -0.4 is 16.2 Å². The highest BCUT2D eigenvalue weighted by Crippen LogP contribution is 2.41. The Balaban J connectivity index is 1.63. The van der Waals surface area contributed by atoms with Crippen molar-refractivity contribution in [3.05, 3.63) is 102 Å². The summed E-state index contributed by atoms with van der Waals surface area (Å²) in [6, 6.07) is 22.8. The minimum atomic E-state index is -4.79. The molecule has 0 amide bonds. The van der Waals surface area contributed by atoms with Crippen molar-refractivity contribution in [3.8, 4) is 34.2 Å². The van der Waals surface area contributed by atoms with Gasteiger partial charge in [0.2, 0.25) is 12.0 Å². The molecule has 0 aliphatic heterocycles. The molecule has 0 bridgehead atoms. The van der Waals surface area contributed by atoms with Crippen molar-refractivity contribution in [1.29, 1.82) is 5.26 Å². The number of hydrogen-bond donors (Lipinski definition) is 3. The molecule has 5 N–H and O–H groups in total. The molecule has 4 aromatic rings. The third-order valence-corrected chi connectivity index (χ3v) is 6.02. The molecule has 4 rings (SSSR count). The molecule has 1 heterocycles. The smallest absolute Gasteiger partial charge is 0.429 e. The van der Waals surface area contributed by atoms with Crippen LogP contribution in [0.1, 0.15) is 22.8 Å². The van der Waals surface area contributed by atoms with Gasteiger partial charge in [-0.15, -0.1) is 0 Å². The van der Waals surface area contributed by atoms with Gasteiger partial charge in [0.15, 0.2) is 0 Å². The first kappa shape index (κ1) is 27.2. The molecule has 1 aromatic heterocycles. The lowest BCUT2D eigenvalue weighted by atomic mass is 9.95. The van der Waals surface area contributed by atoms with Gasteiger partial charge in [-0.3, -0.25) is 4.79 Å². The fourth-order valence-corrected chi connectivity index (χ4v) is 4.10. The Kier molecular flexibility index (Phi) is 7.83. The van der Waals surface area contributed by atoms with Gasteiger partial charge in [-0.05, 0) is 46.9 Å². The molecule has 0 saturated carbocycles. The van der Waals surface area contributed by atoms with E-state index < -0.39 is 24.3 Å². The highest BCUT2D eigenvalue weighted by molar-refractivity contribution is 5.75. The van der Waals surface area contributed by atoms with Crippen molar-refractivity contribution in [1.82, 2.24) is 4.98 Å². The third-order valence-electron chi connectivity index (χ3n) is 6.02. The fourth-order valence-electron chi connectivity index (χ4n) is 4.10. The third kappa shape index (κ3) is 6.34. The van der Waals surface area contributed by atoms with Crippen molar-refractivity contribution >= 4 is 11.8 Å². The number of aliphatic carboxylic acids is 1. The van der Waals surface area contributed by atoms with E-state index in [-0.39, 0.29) is 29.2 Å². The molecular weight excluding hydrogens is 509 g/mol. The molecule has 1 unspecified atom stereocenters. The minimum absolute atomic E-state index is 0.0431. The lowest BCUT2D eigenvalue weighted by Crippen LogP contribution is -2.32. The number of nitriles is 1. The van der Waals surface area contributed by atoms with Crippen LogP contribution in [0.2, 0.25) is 0 Å². The molecule has 0 spiro atoms. The largest absolute Gasteiger partial charge is 0.480 e. The van der Waals surface area contributed by atoms with E-state index >= 15 is 0 Å². The first-order valence-corrected chi connectivity index (χ1v) is 11.7. The lowest BCUT2D eigenvalue weighted by Gasteiger charge is -2.24. The second-order valence-corrected chi connectivity index (χ2v) is 8.75. The Bertz CT molecular complexity index is 1530. The van der Waals surface area contributed by atoms with E-state index in [0.29, 0.717) is 27.8 Å². The number of hydrogen-bond acceptors (Lipinski definition) is 6. The van der Waals surface area contributed by atoms with Crippen molar-refractivity contribution in [2.75, 3.05) is 5.73 Å². The van der Waals surface area contributed by atoms with E-state index in [0.717, 1.165) is 0 Å². The number of pyridine rings is 1. The average Bonchev–Trinajstić information content (AvgIpc) is 2.92. The Morgan fingerprint density at radius 1 is 0.974 bits per heavy atom. The second kappa shape index (κ2) is 11.2. The van der Waals surface area contributed by atoms with Crippen molar-refractivity contribution < 1.29 is 27.8 Å². The summed E-state index contributed by atoms with van der Waals surface area (Å²) in [6.45, 7) is 0. The summed E-state index contributed by atoms with van der Waals surface area (Å²) in [5.74, 6) is -1.47. The molecule has 10 heteroatoms. The van der Waals surface area contributed by atoms with Gasteiger partial charge in [0.1, 0.15) is 11.9 Å². The minimum Gasteiger partial charge on any atom is -0.480 e. The zero-order chi connectivity index (χ0) is 28.2. The molecule has 3 aromatic carbocycles. The lowest BCUT2D eigenvalue weighted by molar-refractivity contribution is -0.198. The molecular formula is C29H23F3N4O3. The standard InChI is InChI=1S/C29H23F3N4O3/c30-29(31,32)26(23-7-2-1-6-21(23)20-5-3-4-18(14-20)16-33)39-25-13-12-22(27(35)36-25)19-10-8-17(9-11-19)15-24(34)28(37)38/h1-14,24,26H,15,34H2,(H2,35,36)(H,37,38)/t24-,26?/m0/s1. The van der Waals surface area contributed by atoms with Gasteiger partial charge in [0.25, 0.3) is 0 Å². The van der Waals surface area contributed by atoms with E-state index in [9.17, 15) is 23.2 Å². The molecule has 39 heavy (non-hydrogen) atoms. The van der Waals surface area contributed by atoms with Gasteiger partial charge in [0.05, 0.1) is 11.6 Å². The predicted molar refractivity (Wildman–Crippen MR) is 139 cm³/mol. The number of anilines is 1. The Morgan fingerprint density at radius 2 is 1.69 bits per heavy atom. The van der Waals surface area contributed by atoms with Crippen molar-refractivity contribution in [2.24, 2.45) is 5.73 Å². The van der Waals surface area contributed by atoms with Crippen LogP contribution in [0.3, 0.4) is 0 Å². The fraction of sp³-hybridized carbons (Fsp3) is 0.138. The Morgan fingerprint density at radius 3 is 2.33 bits per heavy atom. The van der Waals surface area contributed by atoms with Crippen LogP contribution >= 0.6 is 0 Å². The van der Waals surface area contributed by atoms with Crippen LogP contribution in [-0.2, 0) is 11.2 Å². The number of ether oxygens (including phenoxy) is 1. The Hall–Kier alpha value is -4.88. The number of benzene rings is 3. The molecule has 0 radical (unpaired) electrons. The molecule has 0 fully saturated rings. The number of carboxylic acid groups (broad SMARTS) is 1. The molecule has 198 valence electrons. The highest BCUT2D eigenvalue weighted by atomic mass is 19.4. The van der Waals surface area contributed by atoms with E-state index in [2.05, 4.69) is 4.98 Å². The average molecular weight is 533 g/mol. The van der Waals surface area contributed by atoms with Crippen LogP contribution in [-0.4, -0.2) is 28.3 Å². The maximum Gasteiger partial charge on any atom is 0.429 e. The first-order valence-electron chi connectivity index (χ1n) is 11.7. The monoisotopic (exact) mass is 532 g/mol. The number of nitrogens with two attached hydrogens (primary N) is 2. The second-order valence-electron chi connectivity index (χ2n) is 8.75. The summed E-state index contributed by atoms with van der Waals surface area (Å²) < 4.78 is 48.2. The molecule has 0 saturated heterocycles. The van der Waals surface area contributed by atoms with Crippen LogP contribution in [0.5, 0.6) is 5.88 Å². The van der Waals surface area contributed by atoms with E-state index in [1.54, 1.807) is 48.5 Å². The molecule has 7 nitrogen and oxygen atoms in total. The highest BCUT2D eigenvalue weighted by Gasteiger charge is 2.44. The normalized spacial score (nSPS) is 12.8. The molecule has 0 aliphatic carbocycles. The summed E-state index contributed by atoms with van der Waals surface area (Å²) in [5.41, 5.74) is 14.3. The van der Waals surface area contributed by atoms with Gasteiger partial charge in [-0.2, -0.15) is 23.4 Å². The SMILES string of the molecule is N#Cc1cccc(-c2ccccc2C(Oc2ccc(-c3ccc(C[C@H](N)C(=O)O)cc3)c(N)n2)C(F)(F)F)c1. The van der Waals surface area contributed by atoms with Crippen LogP contribution in [0.25, 0.3) is 22.3 Å².